The molecule has 1 amide bonds. The van der Waals surface area contributed by atoms with Crippen molar-refractivity contribution in [2.24, 2.45) is 11.1 Å². The molecule has 1 atom stereocenters. The normalized spacial score (nSPS) is 15.1. The number of anilines is 2. The Morgan fingerprint density at radius 3 is 2.57 bits per heavy atom. The fourth-order valence-electron chi connectivity index (χ4n) is 5.45. The molecule has 214 valence electrons. The van der Waals surface area contributed by atoms with Crippen molar-refractivity contribution in [2.45, 2.75) is 58.0 Å². The monoisotopic (exact) mass is 581 g/mol. The maximum absolute atomic E-state index is 12.6. The largest absolute Gasteiger partial charge is 0.383 e. The molecule has 2 aromatic heterocycles. The molecule has 2 heterocycles. The molecule has 1 saturated carbocycles. The van der Waals surface area contributed by atoms with Crippen LogP contribution in [0.4, 0.5) is 11.4 Å². The maximum Gasteiger partial charge on any atom is 0.245 e. The van der Waals surface area contributed by atoms with Crippen molar-refractivity contribution >= 4 is 39.8 Å². The van der Waals surface area contributed by atoms with Gasteiger partial charge in [0.2, 0.25) is 5.91 Å². The summed E-state index contributed by atoms with van der Waals surface area (Å²) in [5, 5.41) is 36.7. The third kappa shape index (κ3) is 5.46. The van der Waals surface area contributed by atoms with Gasteiger partial charge < -0.3 is 16.4 Å². The van der Waals surface area contributed by atoms with E-state index in [2.05, 4.69) is 58.8 Å². The Labute approximate surface area is 249 Å². The molecule has 1 fully saturated rings. The lowest BCUT2D eigenvalue weighted by atomic mass is 9.96. The number of nitrogens with two attached hydrogens (primary N) is 1. The minimum absolute atomic E-state index is 0.0567. The van der Waals surface area contributed by atoms with E-state index in [1.807, 2.05) is 18.2 Å². The molecule has 2 aromatic carbocycles. The number of halogens is 1. The number of nitrogens with zero attached hydrogens (tertiary/aromatic N) is 6. The van der Waals surface area contributed by atoms with E-state index in [-0.39, 0.29) is 5.41 Å². The van der Waals surface area contributed by atoms with Crippen LogP contribution in [0.5, 0.6) is 0 Å². The van der Waals surface area contributed by atoms with E-state index in [0.717, 1.165) is 18.4 Å². The van der Waals surface area contributed by atoms with Gasteiger partial charge in [0.05, 0.1) is 46.3 Å². The number of primary amides is 1. The maximum atomic E-state index is 12.6. The van der Waals surface area contributed by atoms with Gasteiger partial charge in [-0.2, -0.15) is 10.5 Å². The second-order valence-corrected chi connectivity index (χ2v) is 12.3. The summed E-state index contributed by atoms with van der Waals surface area (Å²) in [5.74, 6) is -0.431. The first-order valence-corrected chi connectivity index (χ1v) is 14.2. The summed E-state index contributed by atoms with van der Waals surface area (Å²) >= 11 is 6.69. The van der Waals surface area contributed by atoms with Crippen LogP contribution >= 0.6 is 11.6 Å². The lowest BCUT2D eigenvalue weighted by Crippen LogP contribution is -2.44. The lowest BCUT2D eigenvalue weighted by molar-refractivity contribution is -0.126. The molecule has 1 aliphatic rings. The van der Waals surface area contributed by atoms with E-state index in [1.54, 1.807) is 29.1 Å². The number of nitrogens with one attached hydrogen (secondary N) is 2. The quantitative estimate of drug-likeness (QED) is 0.241. The summed E-state index contributed by atoms with van der Waals surface area (Å²) in [5.41, 5.74) is 8.63. The van der Waals surface area contributed by atoms with Crippen LogP contribution in [0.25, 0.3) is 10.9 Å². The Hall–Kier alpha value is -4.67. The van der Waals surface area contributed by atoms with Gasteiger partial charge in [-0.15, -0.1) is 5.10 Å². The van der Waals surface area contributed by atoms with E-state index in [9.17, 15) is 15.3 Å². The molecule has 5 rings (SSSR count). The zero-order valence-corrected chi connectivity index (χ0v) is 24.5. The molecule has 11 heteroatoms. The molecule has 0 unspecified atom stereocenters. The highest BCUT2D eigenvalue weighted by Gasteiger charge is 2.43. The Morgan fingerprint density at radius 1 is 1.19 bits per heavy atom. The Balaban J connectivity index is 1.66. The highest BCUT2D eigenvalue weighted by molar-refractivity contribution is 6.31. The number of rotatable bonds is 8. The zero-order chi connectivity index (χ0) is 30.1. The molecule has 10 nitrogen and oxygen atoms in total. The zero-order valence-electron chi connectivity index (χ0n) is 23.8. The van der Waals surface area contributed by atoms with E-state index in [1.165, 1.54) is 6.20 Å². The van der Waals surface area contributed by atoms with Crippen LogP contribution in [0.3, 0.4) is 0 Å². The molecule has 0 spiro atoms. The number of benzene rings is 2. The molecule has 4 N–H and O–H groups in total. The van der Waals surface area contributed by atoms with Crippen molar-refractivity contribution in [1.29, 1.82) is 10.5 Å². The van der Waals surface area contributed by atoms with E-state index < -0.39 is 17.5 Å². The highest BCUT2D eigenvalue weighted by Crippen LogP contribution is 2.39. The number of nitriles is 2. The molecular formula is C31H32ClN9O. The lowest BCUT2D eigenvalue weighted by Gasteiger charge is -2.25. The summed E-state index contributed by atoms with van der Waals surface area (Å²) in [6.45, 7) is 6.89. The molecule has 1 aliphatic carbocycles. The Bertz CT molecular complexity index is 1740. The van der Waals surface area contributed by atoms with Crippen molar-refractivity contribution in [3.63, 3.8) is 0 Å². The van der Waals surface area contributed by atoms with Gasteiger partial charge >= 0.3 is 0 Å². The van der Waals surface area contributed by atoms with Gasteiger partial charge in [0.15, 0.2) is 0 Å². The van der Waals surface area contributed by atoms with Crippen molar-refractivity contribution < 1.29 is 4.79 Å². The van der Waals surface area contributed by atoms with Crippen molar-refractivity contribution in [1.82, 2.24) is 20.0 Å². The minimum Gasteiger partial charge on any atom is -0.383 e. The van der Waals surface area contributed by atoms with Crippen LogP contribution < -0.4 is 16.4 Å². The van der Waals surface area contributed by atoms with Crippen molar-refractivity contribution in [3.05, 3.63) is 76.2 Å². The number of aromatic nitrogens is 4. The molecule has 42 heavy (non-hydrogen) atoms. The number of pyridine rings is 1. The van der Waals surface area contributed by atoms with Gasteiger partial charge in [0.25, 0.3) is 0 Å². The highest BCUT2D eigenvalue weighted by atomic mass is 35.5. The average molecular weight is 582 g/mol. The van der Waals surface area contributed by atoms with Crippen molar-refractivity contribution in [3.8, 4) is 12.1 Å². The SMILES string of the molecule is CC(C)(C)CNc1c(C#N)cnc2c(N[C@H](c3cn(C4(C(N)=O)CCCC4)nn3)c3ccccc3Cl)cc(C#N)cc12. The first-order chi connectivity index (χ1) is 20.1. The second kappa shape index (κ2) is 11.3. The van der Waals surface area contributed by atoms with E-state index in [0.29, 0.717) is 63.5 Å². The third-order valence-electron chi connectivity index (χ3n) is 7.67. The Kier molecular flexibility index (Phi) is 7.77. The first-order valence-electron chi connectivity index (χ1n) is 13.8. The summed E-state index contributed by atoms with van der Waals surface area (Å²) < 4.78 is 1.58. The summed E-state index contributed by atoms with van der Waals surface area (Å²) in [6, 6.07) is 14.7. The predicted octanol–water partition coefficient (Wildman–Crippen LogP) is 5.64. The molecule has 0 saturated heterocycles. The fraction of sp³-hybridized carbons (Fsp3) is 0.355. The number of hydrogen-bond acceptors (Lipinski definition) is 8. The van der Waals surface area contributed by atoms with Crippen LogP contribution in [0.2, 0.25) is 5.02 Å². The first kappa shape index (κ1) is 28.8. The predicted molar refractivity (Wildman–Crippen MR) is 162 cm³/mol. The van der Waals surface area contributed by atoms with Gasteiger partial charge in [0.1, 0.15) is 17.3 Å². The standard InChI is InChI=1S/C31H32ClN9O/c1-30(2,3)18-37-26-20(15-34)16-36-27-22(26)12-19(14-33)13-24(27)38-28(21-8-4-5-9-23(21)32)25-17-41(40-39-25)31(29(35)42)10-6-7-11-31/h4-5,8-9,12-13,16-17,28,38H,6-7,10-11,18H2,1-3H3,(H2,35,42)(H,36,37)/t28-/m0/s1. The number of amides is 1. The van der Waals surface area contributed by atoms with Gasteiger partial charge in [-0.05, 0) is 42.0 Å². The third-order valence-corrected chi connectivity index (χ3v) is 8.01. The van der Waals surface area contributed by atoms with E-state index in [4.69, 9.17) is 17.3 Å². The number of carbonyl (C=O) groups excluding carboxylic acids is 1. The smallest absolute Gasteiger partial charge is 0.245 e. The summed E-state index contributed by atoms with van der Waals surface area (Å²) in [7, 11) is 0. The summed E-state index contributed by atoms with van der Waals surface area (Å²) in [6.07, 6.45) is 6.21. The fourth-order valence-corrected chi connectivity index (χ4v) is 5.69. The average Bonchev–Trinajstić information content (AvgIpc) is 3.65. The molecule has 0 radical (unpaired) electrons. The molecule has 0 bridgehead atoms. The number of hydrogen-bond donors (Lipinski definition) is 3. The van der Waals surface area contributed by atoms with Gasteiger partial charge in [-0.25, -0.2) is 4.68 Å². The van der Waals surface area contributed by atoms with Gasteiger partial charge in [-0.3, -0.25) is 9.78 Å². The minimum atomic E-state index is -0.924. The number of fused-ring (bicyclic) bond motifs is 1. The van der Waals surface area contributed by atoms with Crippen molar-refractivity contribution in [2.75, 3.05) is 17.2 Å². The molecule has 4 aromatic rings. The van der Waals surface area contributed by atoms with Crippen LogP contribution in [0, 0.1) is 28.1 Å². The van der Waals surface area contributed by atoms with Gasteiger partial charge in [-0.1, -0.05) is 68.6 Å². The van der Waals surface area contributed by atoms with E-state index >= 15 is 0 Å². The molecule has 0 aliphatic heterocycles. The topological polar surface area (TPSA) is 158 Å². The second-order valence-electron chi connectivity index (χ2n) is 11.9. The van der Waals surface area contributed by atoms with Crippen LogP contribution in [-0.4, -0.2) is 32.4 Å². The Morgan fingerprint density at radius 2 is 1.93 bits per heavy atom. The molecular weight excluding hydrogens is 550 g/mol. The van der Waals surface area contributed by atoms with Gasteiger partial charge in [0, 0.05) is 23.2 Å². The van der Waals surface area contributed by atoms with Crippen LogP contribution in [0.1, 0.15) is 74.9 Å². The summed E-state index contributed by atoms with van der Waals surface area (Å²) in [4.78, 5) is 17.2. The van der Waals surface area contributed by atoms with Crippen LogP contribution in [-0.2, 0) is 10.3 Å². The number of carbonyl (C=O) groups is 1. The van der Waals surface area contributed by atoms with Crippen LogP contribution in [0.15, 0.2) is 48.8 Å².